The van der Waals surface area contributed by atoms with E-state index < -0.39 is 0 Å². The first-order valence-electron chi connectivity index (χ1n) is 11.9. The van der Waals surface area contributed by atoms with Crippen LogP contribution in [0.15, 0.2) is 91.3 Å². The second kappa shape index (κ2) is 10.4. The number of pyridine rings is 1. The molecule has 1 aliphatic heterocycles. The Morgan fingerprint density at radius 3 is 2.74 bits per heavy atom. The summed E-state index contributed by atoms with van der Waals surface area (Å²) in [5, 5.41) is 4.99. The van der Waals surface area contributed by atoms with E-state index in [0.717, 1.165) is 29.2 Å². The fourth-order valence-corrected chi connectivity index (χ4v) is 4.52. The third kappa shape index (κ3) is 5.32. The zero-order valence-electron chi connectivity index (χ0n) is 19.4. The number of nitrogens with zero attached hydrogens (tertiary/aromatic N) is 2. The molecule has 35 heavy (non-hydrogen) atoms. The molecule has 0 radical (unpaired) electrons. The topological polar surface area (TPSA) is 71.5 Å². The Morgan fingerprint density at radius 2 is 1.86 bits per heavy atom. The van der Waals surface area contributed by atoms with Gasteiger partial charge in [0.1, 0.15) is 12.4 Å². The van der Waals surface area contributed by atoms with Gasteiger partial charge in [-0.3, -0.25) is 14.6 Å². The highest BCUT2D eigenvalue weighted by atomic mass is 16.5. The van der Waals surface area contributed by atoms with Gasteiger partial charge in [-0.2, -0.15) is 0 Å². The van der Waals surface area contributed by atoms with Crippen LogP contribution >= 0.6 is 0 Å². The van der Waals surface area contributed by atoms with Crippen LogP contribution in [0, 0.1) is 5.92 Å². The average molecular weight is 466 g/mol. The molecule has 1 aromatic heterocycles. The number of nitrogens with one attached hydrogen (secondary N) is 1. The number of hydrogen-bond donors (Lipinski definition) is 1. The maximum Gasteiger partial charge on any atom is 0.254 e. The second-order valence-corrected chi connectivity index (χ2v) is 8.78. The number of likely N-dealkylation sites (tertiary alicyclic amines) is 1. The molecule has 1 N–H and O–H groups in total. The van der Waals surface area contributed by atoms with Crippen molar-refractivity contribution in [3.05, 3.63) is 102 Å². The minimum atomic E-state index is -0.261. The van der Waals surface area contributed by atoms with Gasteiger partial charge in [0, 0.05) is 48.4 Å². The van der Waals surface area contributed by atoms with Crippen LogP contribution in [0.5, 0.6) is 5.75 Å². The highest BCUT2D eigenvalue weighted by Crippen LogP contribution is 2.25. The summed E-state index contributed by atoms with van der Waals surface area (Å²) in [5.41, 5.74) is 2.33. The van der Waals surface area contributed by atoms with E-state index in [9.17, 15) is 9.59 Å². The molecule has 6 heteroatoms. The molecule has 4 aromatic rings. The number of rotatable bonds is 6. The maximum absolute atomic E-state index is 13.3. The molecule has 1 fully saturated rings. The van der Waals surface area contributed by atoms with Gasteiger partial charge in [0.2, 0.25) is 5.91 Å². The summed E-state index contributed by atoms with van der Waals surface area (Å²) < 4.78 is 5.85. The van der Waals surface area contributed by atoms with Crippen LogP contribution in [0.1, 0.15) is 28.8 Å². The molecule has 0 aliphatic carbocycles. The third-order valence-corrected chi connectivity index (χ3v) is 6.33. The Bertz CT molecular complexity index is 1330. The van der Waals surface area contributed by atoms with Crippen molar-refractivity contribution < 1.29 is 14.3 Å². The first-order chi connectivity index (χ1) is 17.2. The van der Waals surface area contributed by atoms with Crippen molar-refractivity contribution >= 4 is 28.3 Å². The van der Waals surface area contributed by atoms with Crippen LogP contribution in [0.25, 0.3) is 10.8 Å². The molecule has 0 saturated carbocycles. The van der Waals surface area contributed by atoms with Crippen molar-refractivity contribution in [3.8, 4) is 5.75 Å². The standard InChI is InChI=1S/C29H27N3O3/c33-28(31-24-11-4-12-25(17-24)35-20-21-7-5-15-30-18-21)23-10-6-16-32(19-23)29(34)27-14-3-9-22-8-1-2-13-26(22)27/h1-5,7-9,11-15,17-18,23H,6,10,16,19-20H2,(H,31,33). The monoisotopic (exact) mass is 465 g/mol. The summed E-state index contributed by atoms with van der Waals surface area (Å²) >= 11 is 0. The smallest absolute Gasteiger partial charge is 0.254 e. The fraction of sp³-hybridized carbons (Fsp3) is 0.207. The van der Waals surface area contributed by atoms with E-state index in [1.165, 1.54) is 0 Å². The molecule has 1 atom stereocenters. The zero-order chi connectivity index (χ0) is 24.0. The molecule has 0 bridgehead atoms. The molecule has 2 amide bonds. The van der Waals surface area contributed by atoms with Gasteiger partial charge in [-0.25, -0.2) is 0 Å². The molecule has 1 unspecified atom stereocenters. The van der Waals surface area contributed by atoms with Gasteiger partial charge < -0.3 is 15.0 Å². The van der Waals surface area contributed by atoms with Crippen molar-refractivity contribution in [2.75, 3.05) is 18.4 Å². The Balaban J connectivity index is 1.23. The lowest BCUT2D eigenvalue weighted by atomic mass is 9.95. The number of amides is 2. The predicted molar refractivity (Wildman–Crippen MR) is 136 cm³/mol. The maximum atomic E-state index is 13.3. The minimum Gasteiger partial charge on any atom is -0.489 e. The summed E-state index contributed by atoms with van der Waals surface area (Å²) in [4.78, 5) is 32.3. The molecular formula is C29H27N3O3. The number of anilines is 1. The third-order valence-electron chi connectivity index (χ3n) is 6.33. The minimum absolute atomic E-state index is 0.0231. The van der Waals surface area contributed by atoms with Gasteiger partial charge in [0.15, 0.2) is 0 Å². The van der Waals surface area contributed by atoms with Crippen molar-refractivity contribution in [2.45, 2.75) is 19.4 Å². The number of carbonyl (C=O) groups is 2. The van der Waals surface area contributed by atoms with Crippen molar-refractivity contribution in [3.63, 3.8) is 0 Å². The van der Waals surface area contributed by atoms with Gasteiger partial charge in [-0.05, 0) is 47.9 Å². The summed E-state index contributed by atoms with van der Waals surface area (Å²) in [7, 11) is 0. The van der Waals surface area contributed by atoms with Gasteiger partial charge in [0.25, 0.3) is 5.91 Å². The molecule has 5 rings (SSSR count). The van der Waals surface area contributed by atoms with Gasteiger partial charge in [-0.1, -0.05) is 48.5 Å². The van der Waals surface area contributed by atoms with E-state index in [2.05, 4.69) is 10.3 Å². The van der Waals surface area contributed by atoms with Crippen LogP contribution in [-0.4, -0.2) is 34.8 Å². The molecule has 6 nitrogen and oxygen atoms in total. The number of aromatic nitrogens is 1. The molecule has 2 heterocycles. The van der Waals surface area contributed by atoms with E-state index in [1.54, 1.807) is 12.4 Å². The van der Waals surface area contributed by atoms with Gasteiger partial charge >= 0.3 is 0 Å². The van der Waals surface area contributed by atoms with Crippen molar-refractivity contribution in [1.82, 2.24) is 9.88 Å². The Kier molecular flexibility index (Phi) is 6.70. The summed E-state index contributed by atoms with van der Waals surface area (Å²) in [6, 6.07) is 24.9. The van der Waals surface area contributed by atoms with E-state index >= 15 is 0 Å². The van der Waals surface area contributed by atoms with E-state index in [0.29, 0.717) is 36.7 Å². The number of fused-ring (bicyclic) bond motifs is 1. The Morgan fingerprint density at radius 1 is 1.00 bits per heavy atom. The SMILES string of the molecule is O=C(Nc1cccc(OCc2cccnc2)c1)C1CCCN(C(=O)c2cccc3ccccc23)C1. The quantitative estimate of drug-likeness (QED) is 0.419. The lowest BCUT2D eigenvalue weighted by molar-refractivity contribution is -0.121. The Hall–Kier alpha value is -4.19. The summed E-state index contributed by atoms with van der Waals surface area (Å²) in [6.45, 7) is 1.47. The molecule has 1 aliphatic rings. The molecule has 176 valence electrons. The number of hydrogen-bond acceptors (Lipinski definition) is 4. The zero-order valence-corrected chi connectivity index (χ0v) is 19.4. The largest absolute Gasteiger partial charge is 0.489 e. The first-order valence-corrected chi connectivity index (χ1v) is 11.9. The van der Waals surface area contributed by atoms with Crippen molar-refractivity contribution in [1.29, 1.82) is 0 Å². The number of ether oxygens (including phenoxy) is 1. The summed E-state index contributed by atoms with van der Waals surface area (Å²) in [6.07, 6.45) is 5.03. The summed E-state index contributed by atoms with van der Waals surface area (Å²) in [5.74, 6) is 0.306. The molecule has 1 saturated heterocycles. The predicted octanol–water partition coefficient (Wildman–Crippen LogP) is 5.30. The van der Waals surface area contributed by atoms with Crippen LogP contribution in [0.2, 0.25) is 0 Å². The normalized spacial score (nSPS) is 15.5. The van der Waals surface area contributed by atoms with Crippen LogP contribution < -0.4 is 10.1 Å². The van der Waals surface area contributed by atoms with E-state index in [4.69, 9.17) is 4.74 Å². The molecular weight excluding hydrogens is 438 g/mol. The second-order valence-electron chi connectivity index (χ2n) is 8.78. The first kappa shape index (κ1) is 22.6. The Labute approximate surface area is 204 Å². The highest BCUT2D eigenvalue weighted by molar-refractivity contribution is 6.07. The van der Waals surface area contributed by atoms with E-state index in [-0.39, 0.29) is 17.7 Å². The lowest BCUT2D eigenvalue weighted by Crippen LogP contribution is -2.43. The number of carbonyl (C=O) groups excluding carboxylic acids is 2. The lowest BCUT2D eigenvalue weighted by Gasteiger charge is -2.32. The van der Waals surface area contributed by atoms with Crippen molar-refractivity contribution in [2.24, 2.45) is 5.92 Å². The highest BCUT2D eigenvalue weighted by Gasteiger charge is 2.29. The number of piperidine rings is 1. The fourth-order valence-electron chi connectivity index (χ4n) is 4.52. The van der Waals surface area contributed by atoms with Crippen LogP contribution in [-0.2, 0) is 11.4 Å². The average Bonchev–Trinajstić information content (AvgIpc) is 2.92. The van der Waals surface area contributed by atoms with Crippen LogP contribution in [0.3, 0.4) is 0 Å². The van der Waals surface area contributed by atoms with Crippen LogP contribution in [0.4, 0.5) is 5.69 Å². The number of benzene rings is 3. The van der Waals surface area contributed by atoms with Gasteiger partial charge in [0.05, 0.1) is 5.92 Å². The molecule has 3 aromatic carbocycles. The van der Waals surface area contributed by atoms with Gasteiger partial charge in [-0.15, -0.1) is 0 Å². The molecule has 0 spiro atoms. The van der Waals surface area contributed by atoms with E-state index in [1.807, 2.05) is 83.8 Å².